The van der Waals surface area contributed by atoms with Crippen molar-refractivity contribution in [2.75, 3.05) is 24.7 Å². The Morgan fingerprint density at radius 3 is 1.70 bits per heavy atom. The SMILES string of the molecule is C=C/C=C(N)\C(N)=C/C.CC.CC.CN(C)c1ccc(N)cc1. The fourth-order valence-corrected chi connectivity index (χ4v) is 1.16. The Morgan fingerprint density at radius 2 is 1.39 bits per heavy atom. The molecule has 0 amide bonds. The summed E-state index contributed by atoms with van der Waals surface area (Å²) in [6.07, 6.45) is 5.01. The number of anilines is 2. The van der Waals surface area contributed by atoms with E-state index in [1.165, 1.54) is 5.69 Å². The third kappa shape index (κ3) is 14.3. The van der Waals surface area contributed by atoms with Gasteiger partial charge in [-0.15, -0.1) is 0 Å². The van der Waals surface area contributed by atoms with Crippen LogP contribution >= 0.6 is 0 Å². The Hall–Kier alpha value is -2.36. The molecule has 4 heteroatoms. The van der Waals surface area contributed by atoms with Crippen LogP contribution in [0.1, 0.15) is 34.6 Å². The lowest BCUT2D eigenvalue weighted by atomic mass is 10.3. The van der Waals surface area contributed by atoms with Crippen molar-refractivity contribution >= 4 is 11.4 Å². The molecule has 0 heterocycles. The van der Waals surface area contributed by atoms with Gasteiger partial charge in [0.1, 0.15) is 0 Å². The van der Waals surface area contributed by atoms with Crippen LogP contribution in [0.5, 0.6) is 0 Å². The van der Waals surface area contributed by atoms with Gasteiger partial charge in [-0.2, -0.15) is 0 Å². The predicted octanol–water partition coefficient (Wildman–Crippen LogP) is 4.26. The predicted molar refractivity (Wildman–Crippen MR) is 108 cm³/mol. The van der Waals surface area contributed by atoms with Gasteiger partial charge in [0, 0.05) is 25.5 Å². The van der Waals surface area contributed by atoms with Crippen molar-refractivity contribution in [2.45, 2.75) is 34.6 Å². The highest BCUT2D eigenvalue weighted by molar-refractivity contribution is 5.51. The summed E-state index contributed by atoms with van der Waals surface area (Å²) in [5.41, 5.74) is 19.5. The molecule has 0 aliphatic rings. The van der Waals surface area contributed by atoms with E-state index in [9.17, 15) is 0 Å². The van der Waals surface area contributed by atoms with Gasteiger partial charge in [0.25, 0.3) is 0 Å². The zero-order chi connectivity index (χ0) is 18.8. The minimum atomic E-state index is 0.563. The fraction of sp³-hybridized carbons (Fsp3) is 0.368. The molecule has 23 heavy (non-hydrogen) atoms. The average Bonchev–Trinajstić information content (AvgIpc) is 2.59. The number of benzene rings is 1. The van der Waals surface area contributed by atoms with Crippen LogP contribution in [0.25, 0.3) is 0 Å². The normalized spacial score (nSPS) is 9.87. The molecule has 4 nitrogen and oxygen atoms in total. The summed E-state index contributed by atoms with van der Waals surface area (Å²) < 4.78 is 0. The van der Waals surface area contributed by atoms with Crippen molar-refractivity contribution in [1.82, 2.24) is 0 Å². The molecular weight excluding hydrogens is 284 g/mol. The smallest absolute Gasteiger partial charge is 0.0544 e. The van der Waals surface area contributed by atoms with Gasteiger partial charge in [-0.05, 0) is 37.3 Å². The highest BCUT2D eigenvalue weighted by Gasteiger charge is 1.91. The topological polar surface area (TPSA) is 81.3 Å². The molecule has 0 fully saturated rings. The first-order valence-electron chi connectivity index (χ1n) is 7.95. The van der Waals surface area contributed by atoms with Gasteiger partial charge in [-0.3, -0.25) is 0 Å². The number of rotatable bonds is 3. The van der Waals surface area contributed by atoms with Crippen molar-refractivity contribution in [3.8, 4) is 0 Å². The molecule has 0 radical (unpaired) electrons. The van der Waals surface area contributed by atoms with E-state index in [2.05, 4.69) is 6.58 Å². The fourth-order valence-electron chi connectivity index (χ4n) is 1.16. The van der Waals surface area contributed by atoms with Crippen molar-refractivity contribution in [1.29, 1.82) is 0 Å². The number of allylic oxidation sites excluding steroid dienone is 3. The molecule has 0 saturated heterocycles. The highest BCUT2D eigenvalue weighted by Crippen LogP contribution is 2.12. The van der Waals surface area contributed by atoms with E-state index in [1.807, 2.05) is 77.9 Å². The first kappa shape index (κ1) is 25.6. The van der Waals surface area contributed by atoms with Gasteiger partial charge in [0.05, 0.1) is 11.4 Å². The lowest BCUT2D eigenvalue weighted by Crippen LogP contribution is -2.08. The molecule has 0 unspecified atom stereocenters. The Balaban J connectivity index is -0.000000287. The van der Waals surface area contributed by atoms with Crippen molar-refractivity contribution in [3.05, 3.63) is 60.5 Å². The van der Waals surface area contributed by atoms with Crippen LogP contribution in [0.2, 0.25) is 0 Å². The summed E-state index contributed by atoms with van der Waals surface area (Å²) in [7, 11) is 4.01. The van der Waals surface area contributed by atoms with E-state index in [0.29, 0.717) is 11.4 Å². The van der Waals surface area contributed by atoms with Crippen molar-refractivity contribution < 1.29 is 0 Å². The minimum Gasteiger partial charge on any atom is -0.399 e. The molecule has 1 rings (SSSR count). The summed E-state index contributed by atoms with van der Waals surface area (Å²) in [4.78, 5) is 2.04. The summed E-state index contributed by atoms with van der Waals surface area (Å²) in [5.74, 6) is 0. The first-order valence-corrected chi connectivity index (χ1v) is 7.95. The molecule has 0 aliphatic carbocycles. The van der Waals surface area contributed by atoms with Gasteiger partial charge < -0.3 is 22.1 Å². The molecule has 1 aromatic carbocycles. The number of nitrogen functional groups attached to an aromatic ring is 1. The van der Waals surface area contributed by atoms with Crippen LogP contribution in [0.3, 0.4) is 0 Å². The van der Waals surface area contributed by atoms with Gasteiger partial charge >= 0.3 is 0 Å². The second-order valence-corrected chi connectivity index (χ2v) is 4.09. The number of nitrogens with zero attached hydrogens (tertiary/aromatic N) is 1. The number of nitrogens with two attached hydrogens (primary N) is 3. The van der Waals surface area contributed by atoms with E-state index < -0.39 is 0 Å². The van der Waals surface area contributed by atoms with Gasteiger partial charge in [0.2, 0.25) is 0 Å². The average molecular weight is 321 g/mol. The van der Waals surface area contributed by atoms with Crippen LogP contribution in [0.4, 0.5) is 11.4 Å². The zero-order valence-corrected chi connectivity index (χ0v) is 15.9. The Labute approximate surface area is 143 Å². The summed E-state index contributed by atoms with van der Waals surface area (Å²) in [5, 5.41) is 0. The summed E-state index contributed by atoms with van der Waals surface area (Å²) >= 11 is 0. The molecule has 6 N–H and O–H groups in total. The maximum atomic E-state index is 5.51. The van der Waals surface area contributed by atoms with Crippen LogP contribution in [0, 0.1) is 0 Å². The van der Waals surface area contributed by atoms with Crippen LogP contribution in [-0.4, -0.2) is 14.1 Å². The summed E-state index contributed by atoms with van der Waals surface area (Å²) in [6.45, 7) is 13.3. The van der Waals surface area contributed by atoms with Gasteiger partial charge in [-0.1, -0.05) is 46.4 Å². The largest absolute Gasteiger partial charge is 0.399 e. The van der Waals surface area contributed by atoms with Crippen LogP contribution < -0.4 is 22.1 Å². The minimum absolute atomic E-state index is 0.563. The van der Waals surface area contributed by atoms with E-state index in [4.69, 9.17) is 17.2 Å². The van der Waals surface area contributed by atoms with E-state index in [0.717, 1.165) is 5.69 Å². The van der Waals surface area contributed by atoms with Gasteiger partial charge in [-0.25, -0.2) is 0 Å². The molecule has 0 atom stereocenters. The van der Waals surface area contributed by atoms with Gasteiger partial charge in [0.15, 0.2) is 0 Å². The second kappa shape index (κ2) is 17.7. The van der Waals surface area contributed by atoms with Crippen molar-refractivity contribution in [3.63, 3.8) is 0 Å². The zero-order valence-electron chi connectivity index (χ0n) is 15.9. The third-order valence-corrected chi connectivity index (χ3v) is 2.35. The molecule has 0 aromatic heterocycles. The molecule has 0 aliphatic heterocycles. The molecule has 1 aromatic rings. The van der Waals surface area contributed by atoms with Crippen molar-refractivity contribution in [2.24, 2.45) is 11.5 Å². The monoisotopic (exact) mass is 320 g/mol. The number of hydrogen-bond donors (Lipinski definition) is 3. The molecule has 132 valence electrons. The maximum absolute atomic E-state index is 5.51. The van der Waals surface area contributed by atoms with Crippen LogP contribution in [0.15, 0.2) is 60.5 Å². The Bertz CT molecular complexity index is 443. The van der Waals surface area contributed by atoms with E-state index in [1.54, 1.807) is 18.2 Å². The second-order valence-electron chi connectivity index (χ2n) is 4.09. The standard InChI is InChI=1S/C8H12N2.C7H12N2.2C2H6/c1-10(2)8-5-3-7(9)4-6-8;1-3-5-7(9)6(8)4-2;2*1-2/h3-6H,9H2,1-2H3;3-5H,1,8-9H2,2H3;2*1-2H3/b;6-4+,7-5+;;. The summed E-state index contributed by atoms with van der Waals surface area (Å²) in [6, 6.07) is 7.79. The molecule has 0 bridgehead atoms. The lowest BCUT2D eigenvalue weighted by molar-refractivity contribution is 1.13. The molecule has 0 spiro atoms. The number of hydrogen-bond acceptors (Lipinski definition) is 4. The Kier molecular flexibility index (Phi) is 19.7. The highest BCUT2D eigenvalue weighted by atomic mass is 15.1. The maximum Gasteiger partial charge on any atom is 0.0544 e. The lowest BCUT2D eigenvalue weighted by Gasteiger charge is -2.11. The van der Waals surface area contributed by atoms with Crippen LogP contribution in [-0.2, 0) is 0 Å². The van der Waals surface area contributed by atoms with E-state index >= 15 is 0 Å². The first-order chi connectivity index (χ1) is 10.9. The Morgan fingerprint density at radius 1 is 0.957 bits per heavy atom. The molecule has 0 saturated carbocycles. The third-order valence-electron chi connectivity index (χ3n) is 2.35. The quantitative estimate of drug-likeness (QED) is 0.574. The molecular formula is C19H36N4. The van der Waals surface area contributed by atoms with E-state index in [-0.39, 0.29) is 0 Å².